The molecule has 0 unspecified atom stereocenters. The fourth-order valence-electron chi connectivity index (χ4n) is 3.98. The SMILES string of the molecule is CC[C@@H](C)[C@H](NC(=O)C[NH+]1CC[NH+](CC(=O)Nc2c(C)cccc2C)CC1)C(=O)OC. The molecule has 0 aromatic heterocycles. The van der Waals surface area contributed by atoms with E-state index in [2.05, 4.69) is 10.6 Å². The second kappa shape index (κ2) is 11.8. The van der Waals surface area contributed by atoms with Crippen molar-refractivity contribution in [3.05, 3.63) is 29.3 Å². The maximum atomic E-state index is 12.5. The van der Waals surface area contributed by atoms with E-state index >= 15 is 0 Å². The molecule has 8 nitrogen and oxygen atoms in total. The van der Waals surface area contributed by atoms with Gasteiger partial charge in [-0.15, -0.1) is 0 Å². The Morgan fingerprint density at radius 2 is 1.52 bits per heavy atom. The Morgan fingerprint density at radius 1 is 1.00 bits per heavy atom. The number of anilines is 1. The molecule has 2 rings (SSSR count). The summed E-state index contributed by atoms with van der Waals surface area (Å²) in [6.45, 7) is 11.9. The number of amides is 2. The number of rotatable bonds is 9. The number of carbonyl (C=O) groups excluding carboxylic acids is 3. The number of para-hydroxylation sites is 1. The van der Waals surface area contributed by atoms with Crippen LogP contribution in [0.2, 0.25) is 0 Å². The lowest BCUT2D eigenvalue weighted by atomic mass is 9.99. The van der Waals surface area contributed by atoms with Crippen molar-refractivity contribution in [1.82, 2.24) is 5.32 Å². The van der Waals surface area contributed by atoms with Crippen LogP contribution in [0.4, 0.5) is 5.69 Å². The van der Waals surface area contributed by atoms with Gasteiger partial charge in [-0.05, 0) is 30.9 Å². The number of esters is 1. The molecule has 1 saturated heterocycles. The molecule has 0 aliphatic carbocycles. The first-order valence-corrected chi connectivity index (χ1v) is 11.2. The third-order valence-electron chi connectivity index (χ3n) is 6.22. The average molecular weight is 435 g/mol. The van der Waals surface area contributed by atoms with Gasteiger partial charge in [0, 0.05) is 5.69 Å². The van der Waals surface area contributed by atoms with Crippen LogP contribution in [-0.2, 0) is 19.1 Å². The van der Waals surface area contributed by atoms with Crippen LogP contribution in [-0.4, -0.2) is 70.2 Å². The van der Waals surface area contributed by atoms with E-state index in [1.165, 1.54) is 16.9 Å². The molecule has 0 radical (unpaired) electrons. The minimum atomic E-state index is -0.609. The van der Waals surface area contributed by atoms with E-state index in [0.29, 0.717) is 13.1 Å². The summed E-state index contributed by atoms with van der Waals surface area (Å²) >= 11 is 0. The van der Waals surface area contributed by atoms with Gasteiger partial charge < -0.3 is 25.2 Å². The summed E-state index contributed by atoms with van der Waals surface area (Å²) in [5, 5.41) is 5.89. The topological polar surface area (TPSA) is 93.4 Å². The number of ether oxygens (including phenoxy) is 1. The van der Waals surface area contributed by atoms with Gasteiger partial charge in [0.2, 0.25) is 0 Å². The predicted octanol–water partition coefficient (Wildman–Crippen LogP) is -1.27. The average Bonchev–Trinajstić information content (AvgIpc) is 2.75. The number of aryl methyl sites for hydroxylation is 2. The molecule has 4 N–H and O–H groups in total. The first-order chi connectivity index (χ1) is 14.7. The monoisotopic (exact) mass is 434 g/mol. The van der Waals surface area contributed by atoms with Crippen LogP contribution in [0.3, 0.4) is 0 Å². The molecule has 0 spiro atoms. The fourth-order valence-corrected chi connectivity index (χ4v) is 3.98. The molecule has 8 heteroatoms. The van der Waals surface area contributed by atoms with Crippen molar-refractivity contribution >= 4 is 23.5 Å². The highest BCUT2D eigenvalue weighted by Crippen LogP contribution is 2.18. The van der Waals surface area contributed by atoms with Gasteiger partial charge in [0.25, 0.3) is 11.8 Å². The van der Waals surface area contributed by atoms with Crippen LogP contribution < -0.4 is 20.4 Å². The molecule has 172 valence electrons. The number of hydrogen-bond donors (Lipinski definition) is 4. The van der Waals surface area contributed by atoms with Crippen molar-refractivity contribution < 1.29 is 28.9 Å². The zero-order chi connectivity index (χ0) is 23.0. The molecular weight excluding hydrogens is 396 g/mol. The number of piperazine rings is 1. The molecule has 0 bridgehead atoms. The lowest BCUT2D eigenvalue weighted by Gasteiger charge is -2.29. The third-order valence-corrected chi connectivity index (χ3v) is 6.22. The van der Waals surface area contributed by atoms with Gasteiger partial charge in [-0.3, -0.25) is 9.59 Å². The minimum Gasteiger partial charge on any atom is -0.467 e. The third kappa shape index (κ3) is 7.33. The molecule has 1 aromatic carbocycles. The lowest BCUT2D eigenvalue weighted by Crippen LogP contribution is -3.28. The minimum absolute atomic E-state index is 0.0167. The zero-order valence-corrected chi connectivity index (χ0v) is 19.5. The normalized spacial score (nSPS) is 20.4. The van der Waals surface area contributed by atoms with E-state index in [4.69, 9.17) is 4.74 Å². The van der Waals surface area contributed by atoms with Crippen molar-refractivity contribution in [1.29, 1.82) is 0 Å². The summed E-state index contributed by atoms with van der Waals surface area (Å²) in [4.78, 5) is 39.3. The number of methoxy groups -OCH3 is 1. The van der Waals surface area contributed by atoms with Crippen molar-refractivity contribution in [2.24, 2.45) is 5.92 Å². The number of carbonyl (C=O) groups is 3. The molecule has 0 saturated carbocycles. The summed E-state index contributed by atoms with van der Waals surface area (Å²) in [7, 11) is 1.34. The molecular formula is C23H38N4O4+2. The van der Waals surface area contributed by atoms with Crippen LogP contribution in [0.1, 0.15) is 31.4 Å². The highest BCUT2D eigenvalue weighted by molar-refractivity contribution is 5.93. The molecule has 2 amide bonds. The van der Waals surface area contributed by atoms with E-state index in [0.717, 1.165) is 49.4 Å². The molecule has 1 aromatic rings. The Balaban J connectivity index is 1.78. The smallest absolute Gasteiger partial charge is 0.328 e. The van der Waals surface area contributed by atoms with Crippen molar-refractivity contribution in [2.75, 3.05) is 51.7 Å². The van der Waals surface area contributed by atoms with Gasteiger partial charge >= 0.3 is 5.97 Å². The van der Waals surface area contributed by atoms with E-state index in [9.17, 15) is 14.4 Å². The molecule has 1 fully saturated rings. The van der Waals surface area contributed by atoms with Gasteiger partial charge in [0.15, 0.2) is 13.1 Å². The molecule has 1 heterocycles. The van der Waals surface area contributed by atoms with E-state index < -0.39 is 12.0 Å². The van der Waals surface area contributed by atoms with Gasteiger partial charge in [-0.1, -0.05) is 38.5 Å². The lowest BCUT2D eigenvalue weighted by molar-refractivity contribution is -1.00. The number of quaternary nitrogens is 2. The van der Waals surface area contributed by atoms with Crippen LogP contribution >= 0.6 is 0 Å². The number of hydrogen-bond acceptors (Lipinski definition) is 4. The van der Waals surface area contributed by atoms with Crippen molar-refractivity contribution in [2.45, 2.75) is 40.2 Å². The maximum absolute atomic E-state index is 12.5. The molecule has 31 heavy (non-hydrogen) atoms. The summed E-state index contributed by atoms with van der Waals surface area (Å²) in [5.74, 6) is -0.505. The van der Waals surface area contributed by atoms with Crippen LogP contribution in [0.5, 0.6) is 0 Å². The highest BCUT2D eigenvalue weighted by Gasteiger charge is 2.30. The number of nitrogens with one attached hydrogen (secondary N) is 4. The Labute approximate surface area is 185 Å². The van der Waals surface area contributed by atoms with Gasteiger partial charge in [0.1, 0.15) is 32.2 Å². The van der Waals surface area contributed by atoms with E-state index in [-0.39, 0.29) is 17.7 Å². The summed E-state index contributed by atoms with van der Waals surface area (Å²) in [6, 6.07) is 5.37. The predicted molar refractivity (Wildman–Crippen MR) is 119 cm³/mol. The largest absolute Gasteiger partial charge is 0.467 e. The van der Waals surface area contributed by atoms with Crippen LogP contribution in [0.15, 0.2) is 18.2 Å². The zero-order valence-electron chi connectivity index (χ0n) is 19.5. The summed E-state index contributed by atoms with van der Waals surface area (Å²) < 4.78 is 4.83. The van der Waals surface area contributed by atoms with Crippen molar-refractivity contribution in [3.8, 4) is 0 Å². The van der Waals surface area contributed by atoms with Gasteiger partial charge in [-0.2, -0.15) is 0 Å². The fraction of sp³-hybridized carbons (Fsp3) is 0.609. The molecule has 1 aliphatic rings. The first kappa shape index (κ1) is 24.8. The van der Waals surface area contributed by atoms with Crippen molar-refractivity contribution in [3.63, 3.8) is 0 Å². The highest BCUT2D eigenvalue weighted by atomic mass is 16.5. The van der Waals surface area contributed by atoms with Crippen LogP contribution in [0.25, 0.3) is 0 Å². The Hall–Kier alpha value is -2.45. The Morgan fingerprint density at radius 3 is 2.00 bits per heavy atom. The maximum Gasteiger partial charge on any atom is 0.328 e. The summed E-state index contributed by atoms with van der Waals surface area (Å²) in [6.07, 6.45) is 0.777. The van der Waals surface area contributed by atoms with Crippen LogP contribution in [0, 0.1) is 19.8 Å². The van der Waals surface area contributed by atoms with Gasteiger partial charge in [0.05, 0.1) is 7.11 Å². The van der Waals surface area contributed by atoms with E-state index in [1.54, 1.807) is 0 Å². The quantitative estimate of drug-likeness (QED) is 0.365. The molecule has 1 aliphatic heterocycles. The van der Waals surface area contributed by atoms with E-state index in [1.807, 2.05) is 45.9 Å². The number of benzene rings is 1. The standard InChI is InChI=1S/C23H36N4O4/c1-6-16(2)22(23(30)31-5)25-20(29)15-27-12-10-26(11-13-27)14-19(28)24-21-17(3)8-7-9-18(21)4/h7-9,16,22H,6,10-15H2,1-5H3,(H,24,28)(H,25,29)/p+2/t16-,22+/m1/s1. The molecule has 2 atom stereocenters. The first-order valence-electron chi connectivity index (χ1n) is 11.2. The summed E-state index contributed by atoms with van der Waals surface area (Å²) in [5.41, 5.74) is 3.02. The second-order valence-electron chi connectivity index (χ2n) is 8.62. The second-order valence-corrected chi connectivity index (χ2v) is 8.62. The Kier molecular flexibility index (Phi) is 9.45. The Bertz CT molecular complexity index is 755. The van der Waals surface area contributed by atoms with Gasteiger partial charge in [-0.25, -0.2) is 4.79 Å².